The van der Waals surface area contributed by atoms with Gasteiger partial charge in [-0.15, -0.1) is 0 Å². The highest BCUT2D eigenvalue weighted by molar-refractivity contribution is 5.77. The standard InChI is InChI=1S/C26H34N4O4/c1-25(2,3)33-24(32)30(20-15-19(20)17-8-6-5-7-9-17)16-26(11-12-26)23-27-22(34-28-23)18-10-13-29(4)21(31)14-18/h5-9,18-20H,10-16H2,1-4H3/t18?,19-,20+/m1/s1. The number of carbonyl (C=O) groups is 2. The van der Waals surface area contributed by atoms with Crippen LogP contribution in [-0.2, 0) is 14.9 Å². The summed E-state index contributed by atoms with van der Waals surface area (Å²) in [5.74, 6) is 1.58. The van der Waals surface area contributed by atoms with Crippen LogP contribution >= 0.6 is 0 Å². The quantitative estimate of drug-likeness (QED) is 0.633. The van der Waals surface area contributed by atoms with Crippen LogP contribution in [0.5, 0.6) is 0 Å². The van der Waals surface area contributed by atoms with E-state index in [0.29, 0.717) is 37.1 Å². The number of rotatable bonds is 6. The second-order valence-electron chi connectivity index (χ2n) is 11.2. The zero-order valence-corrected chi connectivity index (χ0v) is 20.5. The number of amides is 2. The summed E-state index contributed by atoms with van der Waals surface area (Å²) >= 11 is 0. The van der Waals surface area contributed by atoms with Crippen molar-refractivity contribution < 1.29 is 18.8 Å². The maximum absolute atomic E-state index is 13.3. The van der Waals surface area contributed by atoms with E-state index in [4.69, 9.17) is 14.2 Å². The number of likely N-dealkylation sites (tertiary alicyclic amines) is 1. The van der Waals surface area contributed by atoms with Gasteiger partial charge in [-0.2, -0.15) is 4.98 Å². The molecular weight excluding hydrogens is 432 g/mol. The van der Waals surface area contributed by atoms with Gasteiger partial charge >= 0.3 is 6.09 Å². The average molecular weight is 467 g/mol. The van der Waals surface area contributed by atoms with E-state index in [9.17, 15) is 9.59 Å². The molecule has 2 heterocycles. The number of benzene rings is 1. The van der Waals surface area contributed by atoms with Crippen LogP contribution in [-0.4, -0.2) is 63.7 Å². The lowest BCUT2D eigenvalue weighted by Gasteiger charge is -2.30. The lowest BCUT2D eigenvalue weighted by Crippen LogP contribution is -2.43. The van der Waals surface area contributed by atoms with Gasteiger partial charge in [0.1, 0.15) is 5.60 Å². The number of nitrogens with zero attached hydrogens (tertiary/aromatic N) is 4. The Labute approximate surface area is 200 Å². The van der Waals surface area contributed by atoms with Crippen LogP contribution in [0.1, 0.15) is 82.0 Å². The fraction of sp³-hybridized carbons (Fsp3) is 0.615. The topological polar surface area (TPSA) is 88.8 Å². The highest BCUT2D eigenvalue weighted by Gasteiger charge is 2.55. The molecule has 3 atom stereocenters. The maximum Gasteiger partial charge on any atom is 0.410 e. The molecule has 3 fully saturated rings. The lowest BCUT2D eigenvalue weighted by atomic mass is 9.96. The predicted molar refractivity (Wildman–Crippen MR) is 125 cm³/mol. The molecular formula is C26H34N4O4. The zero-order chi connectivity index (χ0) is 24.1. The highest BCUT2D eigenvalue weighted by Crippen LogP contribution is 2.52. The van der Waals surface area contributed by atoms with Crippen LogP contribution in [0.25, 0.3) is 0 Å². The van der Waals surface area contributed by atoms with Gasteiger partial charge in [-0.3, -0.25) is 4.79 Å². The minimum atomic E-state index is -0.566. The van der Waals surface area contributed by atoms with Crippen LogP contribution < -0.4 is 0 Å². The number of hydrogen-bond donors (Lipinski definition) is 0. The number of carbonyl (C=O) groups excluding carboxylic acids is 2. The van der Waals surface area contributed by atoms with Gasteiger partial charge in [0, 0.05) is 44.4 Å². The van der Waals surface area contributed by atoms with Crippen molar-refractivity contribution in [3.8, 4) is 0 Å². The molecule has 0 spiro atoms. The summed E-state index contributed by atoms with van der Waals surface area (Å²) in [4.78, 5) is 33.8. The monoisotopic (exact) mass is 466 g/mol. The molecule has 0 N–H and O–H groups in total. The Bertz CT molecular complexity index is 1060. The fourth-order valence-electron chi connectivity index (χ4n) is 4.92. The van der Waals surface area contributed by atoms with E-state index in [2.05, 4.69) is 17.3 Å². The Balaban J connectivity index is 1.34. The van der Waals surface area contributed by atoms with Gasteiger partial charge in [-0.1, -0.05) is 35.5 Å². The van der Waals surface area contributed by atoms with E-state index in [-0.39, 0.29) is 29.4 Å². The summed E-state index contributed by atoms with van der Waals surface area (Å²) in [5, 5.41) is 4.32. The first-order chi connectivity index (χ1) is 16.2. The third-order valence-electron chi connectivity index (χ3n) is 7.26. The van der Waals surface area contributed by atoms with E-state index in [0.717, 1.165) is 25.7 Å². The smallest absolute Gasteiger partial charge is 0.410 e. The van der Waals surface area contributed by atoms with E-state index in [1.54, 1.807) is 4.90 Å². The molecule has 8 heteroatoms. The van der Waals surface area contributed by atoms with E-state index >= 15 is 0 Å². The second kappa shape index (κ2) is 8.40. The van der Waals surface area contributed by atoms with Gasteiger partial charge in [0.2, 0.25) is 11.8 Å². The van der Waals surface area contributed by atoms with E-state index in [1.807, 2.05) is 50.9 Å². The second-order valence-corrected chi connectivity index (χ2v) is 11.2. The normalized spacial score (nSPS) is 25.7. The van der Waals surface area contributed by atoms with Crippen molar-refractivity contribution in [3.63, 3.8) is 0 Å². The first-order valence-corrected chi connectivity index (χ1v) is 12.3. The SMILES string of the molecule is CN1CCC(c2nc(C3(CN(C(=O)OC(C)(C)C)[C@H]4C[C@@H]4c4ccccc4)CC3)no2)CC1=O. The number of piperidine rings is 1. The van der Waals surface area contributed by atoms with Crippen molar-refractivity contribution in [3.05, 3.63) is 47.6 Å². The molecule has 2 amide bonds. The third kappa shape index (κ3) is 4.68. The third-order valence-corrected chi connectivity index (χ3v) is 7.26. The summed E-state index contributed by atoms with van der Waals surface area (Å²) in [7, 11) is 1.82. The molecule has 8 nitrogen and oxygen atoms in total. The van der Waals surface area contributed by atoms with Crippen molar-refractivity contribution in [2.45, 2.75) is 81.8 Å². The van der Waals surface area contributed by atoms with Crippen molar-refractivity contribution in [2.75, 3.05) is 20.1 Å². The Kier molecular flexibility index (Phi) is 5.65. The van der Waals surface area contributed by atoms with Crippen LogP contribution in [0, 0.1) is 0 Å². The largest absolute Gasteiger partial charge is 0.444 e. The Hall–Kier alpha value is -2.90. The lowest BCUT2D eigenvalue weighted by molar-refractivity contribution is -0.132. The van der Waals surface area contributed by atoms with Crippen LogP contribution in [0.4, 0.5) is 4.79 Å². The van der Waals surface area contributed by atoms with Gasteiger partial charge in [-0.25, -0.2) is 4.79 Å². The fourth-order valence-corrected chi connectivity index (χ4v) is 4.92. The number of aromatic nitrogens is 2. The van der Waals surface area contributed by atoms with Gasteiger partial charge in [-0.05, 0) is 52.0 Å². The van der Waals surface area contributed by atoms with Crippen LogP contribution in [0.2, 0.25) is 0 Å². The minimum absolute atomic E-state index is 0.0337. The number of ether oxygens (including phenoxy) is 1. The van der Waals surface area contributed by atoms with Gasteiger partial charge in [0.15, 0.2) is 5.82 Å². The summed E-state index contributed by atoms with van der Waals surface area (Å²) in [6, 6.07) is 10.4. The molecule has 0 radical (unpaired) electrons. The molecule has 0 bridgehead atoms. The van der Waals surface area contributed by atoms with Crippen molar-refractivity contribution in [2.24, 2.45) is 0 Å². The van der Waals surface area contributed by atoms with E-state index < -0.39 is 5.60 Å². The average Bonchev–Trinajstić information content (AvgIpc) is 3.70. The molecule has 182 valence electrons. The molecule has 2 saturated carbocycles. The molecule has 1 aliphatic heterocycles. The first-order valence-electron chi connectivity index (χ1n) is 12.3. The summed E-state index contributed by atoms with van der Waals surface area (Å²) in [6.07, 6.45) is 3.67. The van der Waals surface area contributed by atoms with Crippen molar-refractivity contribution in [1.29, 1.82) is 0 Å². The van der Waals surface area contributed by atoms with E-state index in [1.165, 1.54) is 5.56 Å². The molecule has 1 aromatic carbocycles. The molecule has 1 unspecified atom stereocenters. The highest BCUT2D eigenvalue weighted by atomic mass is 16.6. The molecule has 2 aromatic rings. The summed E-state index contributed by atoms with van der Waals surface area (Å²) in [5.41, 5.74) is 0.376. The minimum Gasteiger partial charge on any atom is -0.444 e. The first kappa shape index (κ1) is 22.9. The van der Waals surface area contributed by atoms with Gasteiger partial charge < -0.3 is 19.1 Å². The predicted octanol–water partition coefficient (Wildman–Crippen LogP) is 4.23. The maximum atomic E-state index is 13.3. The molecule has 3 aliphatic rings. The molecule has 1 saturated heterocycles. The number of hydrogen-bond acceptors (Lipinski definition) is 6. The zero-order valence-electron chi connectivity index (χ0n) is 20.5. The summed E-state index contributed by atoms with van der Waals surface area (Å²) < 4.78 is 11.4. The molecule has 2 aliphatic carbocycles. The Morgan fingerprint density at radius 2 is 2.00 bits per heavy atom. The molecule has 1 aromatic heterocycles. The van der Waals surface area contributed by atoms with Gasteiger partial charge in [0.25, 0.3) is 0 Å². The summed E-state index contributed by atoms with van der Waals surface area (Å²) in [6.45, 7) is 6.90. The van der Waals surface area contributed by atoms with Gasteiger partial charge in [0.05, 0.1) is 5.41 Å². The molecule has 34 heavy (non-hydrogen) atoms. The van der Waals surface area contributed by atoms with Crippen molar-refractivity contribution >= 4 is 12.0 Å². The Morgan fingerprint density at radius 3 is 2.65 bits per heavy atom. The van der Waals surface area contributed by atoms with Crippen LogP contribution in [0.15, 0.2) is 34.9 Å². The van der Waals surface area contributed by atoms with Crippen molar-refractivity contribution in [1.82, 2.24) is 19.9 Å². The molecule has 5 rings (SSSR count). The van der Waals surface area contributed by atoms with Crippen LogP contribution in [0.3, 0.4) is 0 Å². The Morgan fingerprint density at radius 1 is 1.26 bits per heavy atom.